The summed E-state index contributed by atoms with van der Waals surface area (Å²) in [7, 11) is 1.66. The van der Waals surface area contributed by atoms with Crippen molar-refractivity contribution < 1.29 is 4.52 Å². The summed E-state index contributed by atoms with van der Waals surface area (Å²) < 4.78 is 5.05. The third kappa shape index (κ3) is 1.91. The summed E-state index contributed by atoms with van der Waals surface area (Å²) in [6.45, 7) is -1.12. The SMILES string of the molecule is CO[PH](=S)c1ccccc1. The summed E-state index contributed by atoms with van der Waals surface area (Å²) in [5.74, 6) is 0. The fourth-order valence-electron chi connectivity index (χ4n) is 0.692. The van der Waals surface area contributed by atoms with Gasteiger partial charge in [-0.25, -0.2) is 0 Å². The van der Waals surface area contributed by atoms with Crippen molar-refractivity contribution in [1.29, 1.82) is 0 Å². The Labute approximate surface area is 66.5 Å². The molecule has 1 rings (SSSR count). The molecule has 10 heavy (non-hydrogen) atoms. The third-order valence-electron chi connectivity index (χ3n) is 1.19. The highest BCUT2D eigenvalue weighted by molar-refractivity contribution is 8.06. The Morgan fingerprint density at radius 3 is 2.40 bits per heavy atom. The van der Waals surface area contributed by atoms with E-state index in [1.54, 1.807) is 7.11 Å². The lowest BCUT2D eigenvalue weighted by atomic mass is 10.4. The van der Waals surface area contributed by atoms with Gasteiger partial charge in [0.25, 0.3) is 0 Å². The van der Waals surface area contributed by atoms with Gasteiger partial charge >= 0.3 is 0 Å². The summed E-state index contributed by atoms with van der Waals surface area (Å²) in [6, 6.07) is 9.94. The van der Waals surface area contributed by atoms with Crippen LogP contribution in [0.4, 0.5) is 0 Å². The van der Waals surface area contributed by atoms with E-state index in [1.165, 1.54) is 0 Å². The Morgan fingerprint density at radius 1 is 1.30 bits per heavy atom. The molecule has 54 valence electrons. The standard InChI is InChI=1S/C7H9OPS/c1-8-9(10)7-5-3-2-4-6-7/h2-6,9H,1H3. The van der Waals surface area contributed by atoms with Crippen LogP contribution in [-0.2, 0) is 16.3 Å². The van der Waals surface area contributed by atoms with Crippen molar-refractivity contribution >= 4 is 24.0 Å². The van der Waals surface area contributed by atoms with Gasteiger partial charge in [-0.3, -0.25) is 0 Å². The first kappa shape index (κ1) is 7.93. The molecule has 0 aromatic heterocycles. The first-order valence-electron chi connectivity index (χ1n) is 2.98. The second-order valence-corrected chi connectivity index (χ2v) is 4.53. The van der Waals surface area contributed by atoms with Gasteiger partial charge in [-0.15, -0.1) is 0 Å². The van der Waals surface area contributed by atoms with Gasteiger partial charge < -0.3 is 4.52 Å². The lowest BCUT2D eigenvalue weighted by Crippen LogP contribution is -1.93. The van der Waals surface area contributed by atoms with E-state index in [4.69, 9.17) is 16.3 Å². The quantitative estimate of drug-likeness (QED) is 0.626. The van der Waals surface area contributed by atoms with Gasteiger partial charge in [0, 0.05) is 12.4 Å². The number of benzene rings is 1. The molecule has 0 fully saturated rings. The molecular formula is C7H9OPS. The topological polar surface area (TPSA) is 9.23 Å². The van der Waals surface area contributed by atoms with Crippen LogP contribution in [0, 0.1) is 0 Å². The molecule has 0 aliphatic heterocycles. The first-order valence-corrected chi connectivity index (χ1v) is 5.52. The molecule has 0 amide bonds. The number of hydrogen-bond acceptors (Lipinski definition) is 2. The van der Waals surface area contributed by atoms with Crippen LogP contribution in [0.5, 0.6) is 0 Å². The Kier molecular flexibility index (Phi) is 3.07. The zero-order chi connectivity index (χ0) is 7.40. The molecule has 1 atom stereocenters. The molecule has 1 nitrogen and oxygen atoms in total. The lowest BCUT2D eigenvalue weighted by Gasteiger charge is -1.99. The van der Waals surface area contributed by atoms with Crippen molar-refractivity contribution in [3.8, 4) is 0 Å². The molecule has 0 N–H and O–H groups in total. The van der Waals surface area contributed by atoms with Crippen molar-refractivity contribution in [2.75, 3.05) is 7.11 Å². The predicted octanol–water partition coefficient (Wildman–Crippen LogP) is 1.55. The van der Waals surface area contributed by atoms with E-state index in [0.29, 0.717) is 0 Å². The normalized spacial score (nSPS) is 12.9. The summed E-state index contributed by atoms with van der Waals surface area (Å²) in [6.07, 6.45) is 0. The van der Waals surface area contributed by atoms with Gasteiger partial charge in [0.2, 0.25) is 0 Å². The minimum atomic E-state index is -1.12. The van der Waals surface area contributed by atoms with Crippen LogP contribution in [0.2, 0.25) is 0 Å². The lowest BCUT2D eigenvalue weighted by molar-refractivity contribution is 0.480. The molecule has 1 unspecified atom stereocenters. The smallest absolute Gasteiger partial charge is 0.0828 e. The van der Waals surface area contributed by atoms with Crippen molar-refractivity contribution in [3.63, 3.8) is 0 Å². The maximum atomic E-state index is 5.08. The summed E-state index contributed by atoms with van der Waals surface area (Å²) in [5.41, 5.74) is 0. The van der Waals surface area contributed by atoms with Gasteiger partial charge in [0.15, 0.2) is 0 Å². The molecule has 0 heterocycles. The fraction of sp³-hybridized carbons (Fsp3) is 0.143. The summed E-state index contributed by atoms with van der Waals surface area (Å²) in [5, 5.41) is 1.14. The van der Waals surface area contributed by atoms with E-state index in [0.717, 1.165) is 5.30 Å². The van der Waals surface area contributed by atoms with Crippen LogP contribution >= 0.6 is 6.92 Å². The monoisotopic (exact) mass is 172 g/mol. The molecule has 1 aromatic rings. The molecule has 0 bridgehead atoms. The van der Waals surface area contributed by atoms with Gasteiger partial charge in [0.1, 0.15) is 0 Å². The summed E-state index contributed by atoms with van der Waals surface area (Å²) in [4.78, 5) is 0. The average molecular weight is 172 g/mol. The van der Waals surface area contributed by atoms with Gasteiger partial charge in [-0.2, -0.15) is 0 Å². The zero-order valence-corrected chi connectivity index (χ0v) is 7.52. The van der Waals surface area contributed by atoms with Crippen molar-refractivity contribution in [2.45, 2.75) is 0 Å². The Morgan fingerprint density at radius 2 is 1.90 bits per heavy atom. The fourth-order valence-corrected chi connectivity index (χ4v) is 1.80. The van der Waals surface area contributed by atoms with Crippen molar-refractivity contribution in [2.24, 2.45) is 0 Å². The molecule has 0 saturated carbocycles. The molecule has 0 radical (unpaired) electrons. The van der Waals surface area contributed by atoms with Crippen LogP contribution < -0.4 is 5.30 Å². The van der Waals surface area contributed by atoms with Crippen molar-refractivity contribution in [1.82, 2.24) is 0 Å². The molecular weight excluding hydrogens is 163 g/mol. The van der Waals surface area contributed by atoms with Crippen molar-refractivity contribution in [3.05, 3.63) is 30.3 Å². The van der Waals surface area contributed by atoms with E-state index in [-0.39, 0.29) is 0 Å². The van der Waals surface area contributed by atoms with E-state index < -0.39 is 6.92 Å². The molecule has 0 aliphatic carbocycles. The molecule has 0 saturated heterocycles. The molecule has 3 heteroatoms. The Hall–Kier alpha value is -0.170. The van der Waals surface area contributed by atoms with Crippen LogP contribution in [0.3, 0.4) is 0 Å². The van der Waals surface area contributed by atoms with Gasteiger partial charge in [-0.05, 0) is 0 Å². The maximum Gasteiger partial charge on any atom is 0.0828 e. The van der Waals surface area contributed by atoms with E-state index >= 15 is 0 Å². The highest BCUT2D eigenvalue weighted by Gasteiger charge is 1.92. The first-order chi connectivity index (χ1) is 4.84. The highest BCUT2D eigenvalue weighted by Crippen LogP contribution is 2.18. The Balaban J connectivity index is 2.85. The second kappa shape index (κ2) is 3.87. The van der Waals surface area contributed by atoms with Crippen LogP contribution in [0.15, 0.2) is 30.3 Å². The van der Waals surface area contributed by atoms with Crippen LogP contribution in [-0.4, -0.2) is 7.11 Å². The minimum absolute atomic E-state index is 1.12. The average Bonchev–Trinajstić information content (AvgIpc) is 2.05. The predicted molar refractivity (Wildman–Crippen MR) is 48.8 cm³/mol. The molecule has 0 spiro atoms. The number of rotatable bonds is 2. The highest BCUT2D eigenvalue weighted by atomic mass is 32.4. The second-order valence-electron chi connectivity index (χ2n) is 1.86. The van der Waals surface area contributed by atoms with Crippen LogP contribution in [0.1, 0.15) is 0 Å². The maximum absolute atomic E-state index is 5.08. The van der Waals surface area contributed by atoms with Gasteiger partial charge in [-0.1, -0.05) is 42.1 Å². The van der Waals surface area contributed by atoms with E-state index in [2.05, 4.69) is 0 Å². The Bertz CT molecular complexity index is 222. The number of hydrogen-bond donors (Lipinski definition) is 0. The minimum Gasteiger partial charge on any atom is -0.352 e. The summed E-state index contributed by atoms with van der Waals surface area (Å²) >= 11 is 5.08. The van der Waals surface area contributed by atoms with Gasteiger partial charge in [0.05, 0.1) is 6.92 Å². The zero-order valence-electron chi connectivity index (χ0n) is 5.70. The largest absolute Gasteiger partial charge is 0.352 e. The molecule has 1 aromatic carbocycles. The molecule has 0 aliphatic rings. The van der Waals surface area contributed by atoms with E-state index in [9.17, 15) is 0 Å². The van der Waals surface area contributed by atoms with Crippen LogP contribution in [0.25, 0.3) is 0 Å². The third-order valence-corrected chi connectivity index (χ3v) is 3.58. The van der Waals surface area contributed by atoms with E-state index in [1.807, 2.05) is 30.3 Å².